The lowest BCUT2D eigenvalue weighted by Gasteiger charge is -2.11. The van der Waals surface area contributed by atoms with Gasteiger partial charge in [-0.15, -0.1) is 0 Å². The summed E-state index contributed by atoms with van der Waals surface area (Å²) in [6, 6.07) is 8.85. The molecule has 90 valence electrons. The van der Waals surface area contributed by atoms with Crippen LogP contribution in [0.2, 0.25) is 0 Å². The van der Waals surface area contributed by atoms with Crippen molar-refractivity contribution < 1.29 is 8.81 Å². The van der Waals surface area contributed by atoms with Gasteiger partial charge in [0.25, 0.3) is 0 Å². The number of halogens is 1. The van der Waals surface area contributed by atoms with E-state index >= 15 is 0 Å². The smallest absolute Gasteiger partial charge is 0.123 e. The van der Waals surface area contributed by atoms with Crippen molar-refractivity contribution in [3.8, 4) is 0 Å². The van der Waals surface area contributed by atoms with Gasteiger partial charge >= 0.3 is 0 Å². The minimum Gasteiger partial charge on any atom is -0.472 e. The molecule has 2 nitrogen and oxygen atoms in total. The van der Waals surface area contributed by atoms with E-state index in [2.05, 4.69) is 12.2 Å². The van der Waals surface area contributed by atoms with E-state index in [0.717, 1.165) is 24.1 Å². The molecule has 2 rings (SSSR count). The molecule has 0 aliphatic rings. The number of hydrogen-bond acceptors (Lipinski definition) is 2. The van der Waals surface area contributed by atoms with Crippen molar-refractivity contribution in [3.05, 3.63) is 59.8 Å². The Balaban J connectivity index is 1.78. The zero-order chi connectivity index (χ0) is 12.1. The first-order valence-electron chi connectivity index (χ1n) is 5.75. The molecule has 0 radical (unpaired) electrons. The van der Waals surface area contributed by atoms with Crippen molar-refractivity contribution in [2.24, 2.45) is 0 Å². The van der Waals surface area contributed by atoms with Crippen LogP contribution in [0.15, 0.2) is 47.3 Å². The topological polar surface area (TPSA) is 25.2 Å². The highest BCUT2D eigenvalue weighted by Crippen LogP contribution is 2.12. The lowest BCUT2D eigenvalue weighted by atomic mass is 10.1. The molecule has 1 aromatic carbocycles. The molecular weight excluding hydrogens is 217 g/mol. The van der Waals surface area contributed by atoms with Crippen molar-refractivity contribution in [2.75, 3.05) is 6.54 Å². The van der Waals surface area contributed by atoms with Crippen LogP contribution in [0.1, 0.15) is 24.1 Å². The zero-order valence-electron chi connectivity index (χ0n) is 9.82. The molecule has 2 aromatic rings. The Morgan fingerprint density at radius 1 is 1.24 bits per heavy atom. The van der Waals surface area contributed by atoms with E-state index in [1.165, 1.54) is 12.1 Å². The number of rotatable bonds is 5. The van der Waals surface area contributed by atoms with Crippen molar-refractivity contribution in [2.45, 2.75) is 19.4 Å². The van der Waals surface area contributed by atoms with Crippen molar-refractivity contribution in [1.82, 2.24) is 5.32 Å². The maximum Gasteiger partial charge on any atom is 0.123 e. The van der Waals surface area contributed by atoms with Gasteiger partial charge in [0.15, 0.2) is 0 Å². The molecule has 0 saturated heterocycles. The summed E-state index contributed by atoms with van der Waals surface area (Å²) in [6.45, 7) is 2.95. The predicted octanol–water partition coefficient (Wildman–Crippen LogP) is 3.31. The van der Waals surface area contributed by atoms with Crippen LogP contribution in [0.5, 0.6) is 0 Å². The second-order valence-electron chi connectivity index (χ2n) is 4.11. The van der Waals surface area contributed by atoms with Crippen LogP contribution in [0.3, 0.4) is 0 Å². The fourth-order valence-electron chi connectivity index (χ4n) is 1.72. The van der Waals surface area contributed by atoms with Crippen LogP contribution in [0.25, 0.3) is 0 Å². The van der Waals surface area contributed by atoms with Crippen LogP contribution in [-0.2, 0) is 6.42 Å². The Morgan fingerprint density at radius 2 is 2.00 bits per heavy atom. The Hall–Kier alpha value is -1.61. The summed E-state index contributed by atoms with van der Waals surface area (Å²) in [7, 11) is 0. The SMILES string of the molecule is CC(NCCc1ccc(F)cc1)c1ccoc1. The van der Waals surface area contributed by atoms with E-state index < -0.39 is 0 Å². The average Bonchev–Trinajstić information content (AvgIpc) is 2.85. The third kappa shape index (κ3) is 3.43. The number of benzene rings is 1. The Labute approximate surface area is 100 Å². The summed E-state index contributed by atoms with van der Waals surface area (Å²) < 4.78 is 17.7. The molecule has 1 heterocycles. The third-order valence-electron chi connectivity index (χ3n) is 2.82. The highest BCUT2D eigenvalue weighted by Gasteiger charge is 2.05. The molecule has 0 amide bonds. The van der Waals surface area contributed by atoms with Gasteiger partial charge in [-0.2, -0.15) is 0 Å². The maximum absolute atomic E-state index is 12.7. The van der Waals surface area contributed by atoms with Gasteiger partial charge in [0.1, 0.15) is 5.82 Å². The second kappa shape index (κ2) is 5.64. The van der Waals surface area contributed by atoms with E-state index in [1.807, 2.05) is 18.2 Å². The van der Waals surface area contributed by atoms with E-state index in [9.17, 15) is 4.39 Å². The van der Waals surface area contributed by atoms with Crippen LogP contribution >= 0.6 is 0 Å². The Bertz CT molecular complexity index is 436. The summed E-state index contributed by atoms with van der Waals surface area (Å²) in [5.74, 6) is -0.187. The standard InChI is InChI=1S/C14H16FNO/c1-11(13-7-9-17-10-13)16-8-6-12-2-4-14(15)5-3-12/h2-5,7,9-11,16H,6,8H2,1H3. The number of nitrogens with one attached hydrogen (secondary N) is 1. The van der Waals surface area contributed by atoms with Gasteiger partial charge in [0, 0.05) is 11.6 Å². The normalized spacial score (nSPS) is 12.6. The lowest BCUT2D eigenvalue weighted by molar-refractivity contribution is 0.539. The first-order valence-corrected chi connectivity index (χ1v) is 5.75. The molecule has 1 N–H and O–H groups in total. The quantitative estimate of drug-likeness (QED) is 0.857. The number of furan rings is 1. The molecule has 17 heavy (non-hydrogen) atoms. The molecule has 3 heteroatoms. The van der Waals surface area contributed by atoms with Crippen molar-refractivity contribution >= 4 is 0 Å². The van der Waals surface area contributed by atoms with E-state index in [-0.39, 0.29) is 11.9 Å². The molecule has 0 bridgehead atoms. The molecule has 1 atom stereocenters. The summed E-state index contributed by atoms with van der Waals surface area (Å²) >= 11 is 0. The van der Waals surface area contributed by atoms with Crippen LogP contribution < -0.4 is 5.32 Å². The Kier molecular flexibility index (Phi) is 3.94. The number of hydrogen-bond donors (Lipinski definition) is 1. The van der Waals surface area contributed by atoms with Gasteiger partial charge in [0.2, 0.25) is 0 Å². The van der Waals surface area contributed by atoms with Crippen LogP contribution in [0.4, 0.5) is 4.39 Å². The second-order valence-corrected chi connectivity index (χ2v) is 4.11. The van der Waals surface area contributed by atoms with Gasteiger partial charge in [-0.25, -0.2) is 4.39 Å². The molecule has 1 aromatic heterocycles. The van der Waals surface area contributed by atoms with Crippen molar-refractivity contribution in [3.63, 3.8) is 0 Å². The summed E-state index contributed by atoms with van der Waals surface area (Å²) in [4.78, 5) is 0. The Morgan fingerprint density at radius 3 is 2.65 bits per heavy atom. The third-order valence-corrected chi connectivity index (χ3v) is 2.82. The summed E-state index contributed by atoms with van der Waals surface area (Å²) in [5, 5.41) is 3.39. The van der Waals surface area contributed by atoms with Gasteiger partial charge in [-0.05, 0) is 43.7 Å². The molecule has 0 fully saturated rings. The molecule has 1 unspecified atom stereocenters. The van der Waals surface area contributed by atoms with Crippen LogP contribution in [-0.4, -0.2) is 6.54 Å². The average molecular weight is 233 g/mol. The largest absolute Gasteiger partial charge is 0.472 e. The maximum atomic E-state index is 12.7. The van der Waals surface area contributed by atoms with E-state index in [1.54, 1.807) is 12.5 Å². The van der Waals surface area contributed by atoms with Gasteiger partial charge in [-0.3, -0.25) is 0 Å². The molecule has 0 spiro atoms. The summed E-state index contributed by atoms with van der Waals surface area (Å²) in [5.41, 5.74) is 2.28. The highest BCUT2D eigenvalue weighted by atomic mass is 19.1. The fraction of sp³-hybridized carbons (Fsp3) is 0.286. The zero-order valence-corrected chi connectivity index (χ0v) is 9.82. The van der Waals surface area contributed by atoms with E-state index in [0.29, 0.717) is 0 Å². The first kappa shape index (κ1) is 11.9. The van der Waals surface area contributed by atoms with Gasteiger partial charge < -0.3 is 9.73 Å². The van der Waals surface area contributed by atoms with Crippen molar-refractivity contribution in [1.29, 1.82) is 0 Å². The molecule has 0 saturated carbocycles. The lowest BCUT2D eigenvalue weighted by Crippen LogP contribution is -2.20. The molecule has 0 aliphatic carbocycles. The summed E-state index contributed by atoms with van der Waals surface area (Å²) in [6.07, 6.45) is 4.31. The fourth-order valence-corrected chi connectivity index (χ4v) is 1.72. The minimum atomic E-state index is -0.187. The predicted molar refractivity (Wildman–Crippen MR) is 65.2 cm³/mol. The van der Waals surface area contributed by atoms with Crippen LogP contribution in [0, 0.1) is 5.82 Å². The van der Waals surface area contributed by atoms with E-state index in [4.69, 9.17) is 4.42 Å². The highest BCUT2D eigenvalue weighted by molar-refractivity contribution is 5.16. The monoisotopic (exact) mass is 233 g/mol. The van der Waals surface area contributed by atoms with Gasteiger partial charge in [0.05, 0.1) is 12.5 Å². The van der Waals surface area contributed by atoms with Gasteiger partial charge in [-0.1, -0.05) is 12.1 Å². The molecular formula is C14H16FNO. The molecule has 0 aliphatic heterocycles. The first-order chi connectivity index (χ1) is 8.25. The minimum absolute atomic E-state index is 0.187.